The van der Waals surface area contributed by atoms with Crippen molar-refractivity contribution in [3.8, 4) is 0 Å². The van der Waals surface area contributed by atoms with Gasteiger partial charge in [0, 0.05) is 6.61 Å². The summed E-state index contributed by atoms with van der Waals surface area (Å²) in [7, 11) is 1.69. The molecule has 7 heteroatoms. The number of carbonyl (C=O) groups excluding carboxylic acids is 1. The van der Waals surface area contributed by atoms with E-state index < -0.39 is 11.9 Å². The molecule has 0 heterocycles. The summed E-state index contributed by atoms with van der Waals surface area (Å²) in [6.07, 6.45) is 0.597. The standard InChI is InChI=1S/C13H18BNO5/c1-15(8-12(17)18)9-13(19)20-14-11-4-2-10(3-5-11)6-7-16/h2-5,14,16H,6-9H2,1H3,(H,17,18). The van der Waals surface area contributed by atoms with E-state index in [4.69, 9.17) is 14.9 Å². The second kappa shape index (κ2) is 8.34. The van der Waals surface area contributed by atoms with Crippen molar-refractivity contribution in [2.24, 2.45) is 0 Å². The van der Waals surface area contributed by atoms with Gasteiger partial charge in [-0.3, -0.25) is 14.5 Å². The van der Waals surface area contributed by atoms with Crippen LogP contribution in [0.25, 0.3) is 0 Å². The summed E-state index contributed by atoms with van der Waals surface area (Å²) >= 11 is 0. The molecule has 0 amide bonds. The van der Waals surface area contributed by atoms with Crippen molar-refractivity contribution < 1.29 is 24.5 Å². The van der Waals surface area contributed by atoms with E-state index in [2.05, 4.69) is 0 Å². The van der Waals surface area contributed by atoms with E-state index in [0.717, 1.165) is 11.0 Å². The quantitative estimate of drug-likeness (QED) is 0.579. The number of aliphatic carboxylic acids is 1. The minimum atomic E-state index is -0.986. The number of carboxylic acids is 1. The first-order valence-corrected chi connectivity index (χ1v) is 6.26. The van der Waals surface area contributed by atoms with E-state index in [1.54, 1.807) is 7.05 Å². The molecular formula is C13H18BNO5. The lowest BCUT2D eigenvalue weighted by Gasteiger charge is -2.13. The molecule has 0 aliphatic carbocycles. The van der Waals surface area contributed by atoms with Gasteiger partial charge in [-0.25, -0.2) is 0 Å². The zero-order valence-corrected chi connectivity index (χ0v) is 11.4. The van der Waals surface area contributed by atoms with Gasteiger partial charge in [-0.2, -0.15) is 0 Å². The van der Waals surface area contributed by atoms with Crippen molar-refractivity contribution >= 4 is 24.9 Å². The van der Waals surface area contributed by atoms with Crippen molar-refractivity contribution in [3.63, 3.8) is 0 Å². The molecule has 2 N–H and O–H groups in total. The molecule has 1 rings (SSSR count). The van der Waals surface area contributed by atoms with Gasteiger partial charge in [-0.15, -0.1) is 0 Å². The van der Waals surface area contributed by atoms with Crippen LogP contribution in [-0.4, -0.2) is 61.3 Å². The summed E-state index contributed by atoms with van der Waals surface area (Å²) in [5.74, 6) is -1.45. The van der Waals surface area contributed by atoms with E-state index in [-0.39, 0.29) is 27.2 Å². The molecule has 6 nitrogen and oxygen atoms in total. The van der Waals surface area contributed by atoms with Crippen LogP contribution in [0.3, 0.4) is 0 Å². The SMILES string of the molecule is CN(CC(=O)O)CC(=O)OBc1ccc(CCO)cc1. The van der Waals surface area contributed by atoms with Crippen LogP contribution >= 0.6 is 0 Å². The van der Waals surface area contributed by atoms with Gasteiger partial charge in [0.05, 0.1) is 13.1 Å². The van der Waals surface area contributed by atoms with Crippen LogP contribution in [0.5, 0.6) is 0 Å². The van der Waals surface area contributed by atoms with Crippen LogP contribution in [0.15, 0.2) is 24.3 Å². The predicted octanol–water partition coefficient (Wildman–Crippen LogP) is -1.24. The van der Waals surface area contributed by atoms with E-state index in [0.29, 0.717) is 6.42 Å². The average molecular weight is 279 g/mol. The van der Waals surface area contributed by atoms with Crippen molar-refractivity contribution in [2.75, 3.05) is 26.7 Å². The third kappa shape index (κ3) is 6.35. The van der Waals surface area contributed by atoms with E-state index in [1.807, 2.05) is 24.3 Å². The molecule has 0 radical (unpaired) electrons. The van der Waals surface area contributed by atoms with E-state index in [9.17, 15) is 9.59 Å². The monoisotopic (exact) mass is 279 g/mol. The van der Waals surface area contributed by atoms with Crippen LogP contribution in [-0.2, 0) is 20.7 Å². The Balaban J connectivity index is 2.35. The van der Waals surface area contributed by atoms with Gasteiger partial charge in [-0.1, -0.05) is 24.3 Å². The third-order valence-corrected chi connectivity index (χ3v) is 2.63. The Hall–Kier alpha value is -1.86. The zero-order valence-electron chi connectivity index (χ0n) is 11.4. The molecule has 0 atom stereocenters. The van der Waals surface area contributed by atoms with Crippen LogP contribution in [0, 0.1) is 0 Å². The molecule has 0 aliphatic heterocycles. The van der Waals surface area contributed by atoms with Crippen LogP contribution in [0.2, 0.25) is 0 Å². The number of hydrogen-bond acceptors (Lipinski definition) is 5. The van der Waals surface area contributed by atoms with Crippen LogP contribution in [0.1, 0.15) is 5.56 Å². The number of rotatable bonds is 8. The fourth-order valence-electron chi connectivity index (χ4n) is 1.65. The molecule has 0 fully saturated rings. The summed E-state index contributed by atoms with van der Waals surface area (Å²) in [6, 6.07) is 7.41. The van der Waals surface area contributed by atoms with Gasteiger partial charge < -0.3 is 14.9 Å². The van der Waals surface area contributed by atoms with Gasteiger partial charge in [0.15, 0.2) is 0 Å². The van der Waals surface area contributed by atoms with Crippen LogP contribution < -0.4 is 5.46 Å². The highest BCUT2D eigenvalue weighted by atomic mass is 16.5. The molecule has 1 aromatic carbocycles. The Morgan fingerprint density at radius 2 is 1.90 bits per heavy atom. The largest absolute Gasteiger partial charge is 0.534 e. The Labute approximate surface area is 118 Å². The smallest absolute Gasteiger partial charge is 0.377 e. The maximum atomic E-state index is 11.5. The van der Waals surface area contributed by atoms with Gasteiger partial charge in [0.1, 0.15) is 0 Å². The molecule has 0 bridgehead atoms. The molecule has 1 aromatic rings. The van der Waals surface area contributed by atoms with Crippen molar-refractivity contribution in [2.45, 2.75) is 6.42 Å². The number of carboxylic acid groups (broad SMARTS) is 1. The highest BCUT2D eigenvalue weighted by molar-refractivity contribution is 6.48. The highest BCUT2D eigenvalue weighted by Crippen LogP contribution is 1.97. The van der Waals surface area contributed by atoms with Gasteiger partial charge in [-0.05, 0) is 24.5 Å². The summed E-state index contributed by atoms with van der Waals surface area (Å²) in [5, 5.41) is 17.4. The molecule has 20 heavy (non-hydrogen) atoms. The Morgan fingerprint density at radius 1 is 1.25 bits per heavy atom. The summed E-state index contributed by atoms with van der Waals surface area (Å²) in [5.41, 5.74) is 1.87. The fourth-order valence-corrected chi connectivity index (χ4v) is 1.65. The number of benzene rings is 1. The first-order valence-electron chi connectivity index (χ1n) is 6.26. The Bertz CT molecular complexity index is 449. The third-order valence-electron chi connectivity index (χ3n) is 2.63. The summed E-state index contributed by atoms with van der Waals surface area (Å²) in [4.78, 5) is 23.3. The predicted molar refractivity (Wildman–Crippen MR) is 75.2 cm³/mol. The lowest BCUT2D eigenvalue weighted by atomic mass is 9.87. The summed E-state index contributed by atoms with van der Waals surface area (Å²) < 4.78 is 5.06. The maximum Gasteiger partial charge on any atom is 0.377 e. The summed E-state index contributed by atoms with van der Waals surface area (Å²) in [6.45, 7) is -0.163. The Kier molecular flexibility index (Phi) is 6.76. The Morgan fingerprint density at radius 3 is 2.45 bits per heavy atom. The second-order valence-corrected chi connectivity index (χ2v) is 4.52. The minimum absolute atomic E-state index is 0.0606. The van der Waals surface area contributed by atoms with Crippen molar-refractivity contribution in [3.05, 3.63) is 29.8 Å². The van der Waals surface area contributed by atoms with E-state index >= 15 is 0 Å². The number of carbonyl (C=O) groups is 2. The van der Waals surface area contributed by atoms with Crippen molar-refractivity contribution in [1.29, 1.82) is 0 Å². The lowest BCUT2D eigenvalue weighted by molar-refractivity contribution is -0.139. The molecular weight excluding hydrogens is 261 g/mol. The number of hydrogen-bond donors (Lipinski definition) is 2. The molecule has 0 aromatic heterocycles. The normalized spacial score (nSPS) is 10.3. The number of nitrogens with zero attached hydrogens (tertiary/aromatic N) is 1. The number of likely N-dealkylation sites (N-methyl/N-ethyl adjacent to an activating group) is 1. The molecule has 0 spiro atoms. The van der Waals surface area contributed by atoms with E-state index in [1.165, 1.54) is 4.90 Å². The minimum Gasteiger partial charge on any atom is -0.534 e. The first-order chi connectivity index (χ1) is 9.51. The van der Waals surface area contributed by atoms with Crippen molar-refractivity contribution in [1.82, 2.24) is 4.90 Å². The van der Waals surface area contributed by atoms with Gasteiger partial charge >= 0.3 is 19.4 Å². The molecule has 0 saturated carbocycles. The topological polar surface area (TPSA) is 87.1 Å². The molecule has 0 unspecified atom stereocenters. The fraction of sp³-hybridized carbons (Fsp3) is 0.385. The molecule has 108 valence electrons. The molecule has 0 saturated heterocycles. The lowest BCUT2D eigenvalue weighted by Crippen LogP contribution is -2.33. The van der Waals surface area contributed by atoms with Gasteiger partial charge in [0.2, 0.25) is 0 Å². The second-order valence-electron chi connectivity index (χ2n) is 4.52. The average Bonchev–Trinajstić information content (AvgIpc) is 2.37. The van der Waals surface area contributed by atoms with Crippen LogP contribution in [0.4, 0.5) is 0 Å². The highest BCUT2D eigenvalue weighted by Gasteiger charge is 2.11. The zero-order chi connectivity index (χ0) is 15.0. The molecule has 0 aliphatic rings. The number of aliphatic hydroxyl groups is 1. The van der Waals surface area contributed by atoms with Gasteiger partial charge in [0.25, 0.3) is 0 Å². The number of aliphatic hydroxyl groups excluding tert-OH is 1. The first kappa shape index (κ1) is 16.2. The maximum absolute atomic E-state index is 11.5.